The van der Waals surface area contributed by atoms with Crippen molar-refractivity contribution in [1.82, 2.24) is 0 Å². The number of hydrogen-bond acceptors (Lipinski definition) is 3. The number of amides is 2. The molecule has 0 N–H and O–H groups in total. The van der Waals surface area contributed by atoms with Crippen LogP contribution in [-0.2, 0) is 9.59 Å². The van der Waals surface area contributed by atoms with Crippen LogP contribution in [0.1, 0.15) is 23.0 Å². The van der Waals surface area contributed by atoms with E-state index in [1.807, 2.05) is 72.8 Å². The van der Waals surface area contributed by atoms with Crippen LogP contribution in [0.4, 0.5) is 5.69 Å². The Labute approximate surface area is 181 Å². The van der Waals surface area contributed by atoms with Gasteiger partial charge in [-0.15, -0.1) is 0 Å². The fourth-order valence-corrected chi connectivity index (χ4v) is 4.99. The van der Waals surface area contributed by atoms with Gasteiger partial charge in [-0.3, -0.25) is 9.59 Å². The predicted molar refractivity (Wildman–Crippen MR) is 120 cm³/mol. The molecule has 4 nitrogen and oxygen atoms in total. The average Bonchev–Trinajstić information content (AvgIpc) is 3.10. The van der Waals surface area contributed by atoms with Gasteiger partial charge in [0.25, 0.3) is 0 Å². The van der Waals surface area contributed by atoms with Crippen molar-refractivity contribution in [3.05, 3.63) is 108 Å². The number of allylic oxidation sites excluding steroid dienone is 2. The molecule has 0 spiro atoms. The van der Waals surface area contributed by atoms with Crippen LogP contribution in [0.2, 0.25) is 0 Å². The molecule has 4 atom stereocenters. The number of ether oxygens (including phenoxy) is 1. The summed E-state index contributed by atoms with van der Waals surface area (Å²) in [5.74, 6) is -1.05. The lowest BCUT2D eigenvalue weighted by molar-refractivity contribution is -0.122. The van der Waals surface area contributed by atoms with Gasteiger partial charge in [0.1, 0.15) is 5.75 Å². The Morgan fingerprint density at radius 2 is 1.10 bits per heavy atom. The molecule has 2 aliphatic rings. The molecular formula is C27H23NO3. The number of carbonyl (C=O) groups excluding carboxylic acids is 2. The summed E-state index contributed by atoms with van der Waals surface area (Å²) in [4.78, 5) is 28.9. The van der Waals surface area contributed by atoms with E-state index in [4.69, 9.17) is 4.74 Å². The molecule has 3 aromatic rings. The van der Waals surface area contributed by atoms with E-state index in [1.165, 1.54) is 4.90 Å². The minimum absolute atomic E-state index is 0.151. The van der Waals surface area contributed by atoms with Gasteiger partial charge in [0.15, 0.2) is 0 Å². The zero-order chi connectivity index (χ0) is 21.4. The fraction of sp³-hybridized carbons (Fsp3) is 0.185. The highest BCUT2D eigenvalue weighted by molar-refractivity contribution is 6.23. The Morgan fingerprint density at radius 3 is 1.58 bits per heavy atom. The monoisotopic (exact) mass is 409 g/mol. The molecule has 1 aliphatic heterocycles. The summed E-state index contributed by atoms with van der Waals surface area (Å²) in [6.45, 7) is 0. The van der Waals surface area contributed by atoms with E-state index < -0.39 is 11.8 Å². The second-order valence-electron chi connectivity index (χ2n) is 7.99. The molecule has 0 radical (unpaired) electrons. The second kappa shape index (κ2) is 7.88. The molecule has 4 heteroatoms. The zero-order valence-corrected chi connectivity index (χ0v) is 17.2. The van der Waals surface area contributed by atoms with E-state index >= 15 is 0 Å². The second-order valence-corrected chi connectivity index (χ2v) is 7.99. The van der Waals surface area contributed by atoms with Crippen molar-refractivity contribution in [1.29, 1.82) is 0 Å². The number of para-hydroxylation sites is 2. The summed E-state index contributed by atoms with van der Waals surface area (Å²) in [7, 11) is 1.55. The van der Waals surface area contributed by atoms with E-state index in [-0.39, 0.29) is 23.7 Å². The highest BCUT2D eigenvalue weighted by Gasteiger charge is 2.55. The molecule has 2 amide bonds. The van der Waals surface area contributed by atoms with E-state index in [9.17, 15) is 9.59 Å². The summed E-state index contributed by atoms with van der Waals surface area (Å²) >= 11 is 0. The molecule has 0 aromatic heterocycles. The lowest BCUT2D eigenvalue weighted by atomic mass is 9.68. The Bertz CT molecular complexity index is 1070. The van der Waals surface area contributed by atoms with Crippen molar-refractivity contribution in [3.63, 3.8) is 0 Å². The van der Waals surface area contributed by atoms with E-state index in [2.05, 4.69) is 12.2 Å². The molecule has 31 heavy (non-hydrogen) atoms. The Balaban J connectivity index is 1.65. The minimum atomic E-state index is -0.463. The summed E-state index contributed by atoms with van der Waals surface area (Å²) in [5, 5.41) is 0. The van der Waals surface area contributed by atoms with E-state index in [0.29, 0.717) is 11.4 Å². The van der Waals surface area contributed by atoms with Crippen LogP contribution >= 0.6 is 0 Å². The number of rotatable bonds is 4. The molecule has 1 fully saturated rings. The molecule has 5 rings (SSSR count). The van der Waals surface area contributed by atoms with Crippen LogP contribution in [0.15, 0.2) is 97.1 Å². The van der Waals surface area contributed by atoms with Gasteiger partial charge in [-0.2, -0.15) is 0 Å². The number of methoxy groups -OCH3 is 1. The minimum Gasteiger partial charge on any atom is -0.495 e. The van der Waals surface area contributed by atoms with Crippen molar-refractivity contribution in [2.24, 2.45) is 11.8 Å². The summed E-state index contributed by atoms with van der Waals surface area (Å²) in [6.07, 6.45) is 4.20. The number of nitrogens with zero attached hydrogens (tertiary/aromatic N) is 1. The maximum atomic E-state index is 13.8. The highest BCUT2D eigenvalue weighted by atomic mass is 16.5. The maximum absolute atomic E-state index is 13.8. The Morgan fingerprint density at radius 1 is 0.645 bits per heavy atom. The van der Waals surface area contributed by atoms with Crippen LogP contribution in [0.3, 0.4) is 0 Å². The van der Waals surface area contributed by atoms with Crippen LogP contribution < -0.4 is 9.64 Å². The zero-order valence-electron chi connectivity index (χ0n) is 17.2. The summed E-state index contributed by atoms with van der Waals surface area (Å²) < 4.78 is 5.47. The van der Waals surface area contributed by atoms with Crippen LogP contribution in [0.5, 0.6) is 5.75 Å². The summed E-state index contributed by atoms with van der Waals surface area (Å²) in [6, 6.07) is 27.1. The third kappa shape index (κ3) is 3.15. The Hall–Kier alpha value is -3.66. The molecular weight excluding hydrogens is 386 g/mol. The Kier molecular flexibility index (Phi) is 4.91. The van der Waals surface area contributed by atoms with Crippen molar-refractivity contribution < 1.29 is 14.3 Å². The standard InChI is InChI=1S/C27H23NO3/c1-31-23-15-9-8-14-22(23)28-26(29)24-20(18-10-4-2-5-11-18)16-17-21(25(24)27(28)30)19-12-6-3-7-13-19/h2-17,20-21,24-25H,1H3/t20-,21-,24-,25-/m1/s1. The lowest BCUT2D eigenvalue weighted by Gasteiger charge is -2.32. The van der Waals surface area contributed by atoms with Gasteiger partial charge >= 0.3 is 0 Å². The topological polar surface area (TPSA) is 46.6 Å². The highest BCUT2D eigenvalue weighted by Crippen LogP contribution is 2.51. The summed E-state index contributed by atoms with van der Waals surface area (Å²) in [5.41, 5.74) is 2.60. The van der Waals surface area contributed by atoms with Crippen molar-refractivity contribution in [2.45, 2.75) is 11.8 Å². The first-order valence-electron chi connectivity index (χ1n) is 10.5. The van der Waals surface area contributed by atoms with Gasteiger partial charge in [0.05, 0.1) is 24.6 Å². The molecule has 1 saturated heterocycles. The average molecular weight is 409 g/mol. The molecule has 0 unspecified atom stereocenters. The van der Waals surface area contributed by atoms with Crippen LogP contribution in [0.25, 0.3) is 0 Å². The molecule has 3 aromatic carbocycles. The first-order chi connectivity index (χ1) is 15.2. The fourth-order valence-electron chi connectivity index (χ4n) is 4.99. The van der Waals surface area contributed by atoms with E-state index in [0.717, 1.165) is 11.1 Å². The smallest absolute Gasteiger partial charge is 0.238 e. The number of imide groups is 1. The number of benzene rings is 3. The van der Waals surface area contributed by atoms with Crippen molar-refractivity contribution in [2.75, 3.05) is 12.0 Å². The number of carbonyl (C=O) groups is 2. The van der Waals surface area contributed by atoms with E-state index in [1.54, 1.807) is 19.2 Å². The number of anilines is 1. The largest absolute Gasteiger partial charge is 0.495 e. The SMILES string of the molecule is COc1ccccc1N1C(=O)[C@H]2[C@H](C1=O)[C@@H](c1ccccc1)C=C[C@@H]2c1ccccc1. The number of hydrogen-bond donors (Lipinski definition) is 0. The quantitative estimate of drug-likeness (QED) is 0.453. The first-order valence-corrected chi connectivity index (χ1v) is 10.5. The normalized spacial score (nSPS) is 24.9. The van der Waals surface area contributed by atoms with Gasteiger partial charge in [0.2, 0.25) is 11.8 Å². The third-order valence-electron chi connectivity index (χ3n) is 6.39. The maximum Gasteiger partial charge on any atom is 0.238 e. The predicted octanol–water partition coefficient (Wildman–Crippen LogP) is 4.94. The molecule has 1 aliphatic carbocycles. The third-order valence-corrected chi connectivity index (χ3v) is 6.39. The number of fused-ring (bicyclic) bond motifs is 1. The lowest BCUT2D eigenvalue weighted by Crippen LogP contribution is -2.32. The van der Waals surface area contributed by atoms with Crippen LogP contribution in [0, 0.1) is 11.8 Å². The van der Waals surface area contributed by atoms with Crippen LogP contribution in [-0.4, -0.2) is 18.9 Å². The van der Waals surface area contributed by atoms with Gasteiger partial charge in [-0.05, 0) is 23.3 Å². The first kappa shape index (κ1) is 19.3. The van der Waals surface area contributed by atoms with Gasteiger partial charge in [0, 0.05) is 11.8 Å². The molecule has 1 heterocycles. The molecule has 0 bridgehead atoms. The van der Waals surface area contributed by atoms with Crippen molar-refractivity contribution in [3.8, 4) is 5.75 Å². The van der Waals surface area contributed by atoms with Gasteiger partial charge < -0.3 is 4.74 Å². The van der Waals surface area contributed by atoms with Crippen molar-refractivity contribution >= 4 is 17.5 Å². The molecule has 0 saturated carbocycles. The molecule has 154 valence electrons. The van der Waals surface area contributed by atoms with Gasteiger partial charge in [-0.25, -0.2) is 4.90 Å². The van der Waals surface area contributed by atoms with Gasteiger partial charge in [-0.1, -0.05) is 84.9 Å².